The summed E-state index contributed by atoms with van der Waals surface area (Å²) >= 11 is 0. The molecular weight excluding hydrogens is 1250 g/mol. The molecule has 3 aromatic carbocycles. The Balaban J connectivity index is 0.000000157. The second-order valence-corrected chi connectivity index (χ2v) is 28.6. The van der Waals surface area contributed by atoms with Crippen molar-refractivity contribution in [1.29, 1.82) is 10.5 Å². The number of rotatable bonds is 28. The van der Waals surface area contributed by atoms with E-state index in [9.17, 15) is 0 Å². The fourth-order valence-corrected chi connectivity index (χ4v) is 13.6. The zero-order valence-corrected chi connectivity index (χ0v) is 59.1. The molecule has 3 aliphatic heterocycles. The van der Waals surface area contributed by atoms with E-state index in [0.717, 1.165) is 231 Å². The third kappa shape index (κ3) is 20.0. The third-order valence-corrected chi connectivity index (χ3v) is 19.8. The van der Waals surface area contributed by atoms with Gasteiger partial charge in [-0.15, -0.1) is 24.8 Å². The Morgan fingerprint density at radius 2 is 0.760 bits per heavy atom. The molecule has 6 aliphatic rings. The molecule has 96 heavy (non-hydrogen) atoms. The summed E-state index contributed by atoms with van der Waals surface area (Å²) in [6.45, 7) is 12.9. The van der Waals surface area contributed by atoms with E-state index in [1.165, 1.54) is 83.5 Å². The maximum Gasteiger partial charge on any atom is 0.203 e. The molecule has 19 nitrogen and oxygen atoms in total. The van der Waals surface area contributed by atoms with Gasteiger partial charge in [0.1, 0.15) is 40.9 Å². The van der Waals surface area contributed by atoms with Gasteiger partial charge in [0.15, 0.2) is 16.7 Å². The Morgan fingerprint density at radius 3 is 1.05 bits per heavy atom. The first kappa shape index (κ1) is 72.1. The van der Waals surface area contributed by atoms with Crippen molar-refractivity contribution in [3.05, 3.63) is 117 Å². The van der Waals surface area contributed by atoms with Gasteiger partial charge in [0.25, 0.3) is 0 Å². The van der Waals surface area contributed by atoms with Crippen molar-refractivity contribution in [1.82, 2.24) is 45.3 Å². The highest BCUT2D eigenvalue weighted by Crippen LogP contribution is 2.39. The van der Waals surface area contributed by atoms with Crippen LogP contribution in [0.4, 0.5) is 0 Å². The second-order valence-electron chi connectivity index (χ2n) is 28.6. The highest BCUT2D eigenvalue weighted by Gasteiger charge is 2.29. The lowest BCUT2D eigenvalue weighted by Crippen LogP contribution is -2.33. The van der Waals surface area contributed by atoms with Crippen LogP contribution in [0, 0.1) is 58.2 Å². The molecule has 3 saturated carbocycles. The summed E-state index contributed by atoms with van der Waals surface area (Å²) < 4.78 is 47.1. The fourth-order valence-electron chi connectivity index (χ4n) is 13.6. The van der Waals surface area contributed by atoms with Crippen LogP contribution < -0.4 is 19.5 Å². The number of halogens is 2. The Morgan fingerprint density at radius 1 is 0.438 bits per heavy atom. The van der Waals surface area contributed by atoms with Gasteiger partial charge in [-0.3, -0.25) is 9.80 Å². The summed E-state index contributed by atoms with van der Waals surface area (Å²) in [5, 5.41) is 38.1. The predicted octanol–water partition coefficient (Wildman–Crippen LogP) is 14.4. The Bertz CT molecular complexity index is 3620. The van der Waals surface area contributed by atoms with Crippen LogP contribution in [0.25, 0.3) is 32.9 Å². The molecule has 0 bridgehead atoms. The van der Waals surface area contributed by atoms with Gasteiger partial charge in [-0.25, -0.2) is 0 Å². The highest BCUT2D eigenvalue weighted by atomic mass is 35.5. The lowest BCUT2D eigenvalue weighted by atomic mass is 9.91. The van der Waals surface area contributed by atoms with Crippen molar-refractivity contribution in [2.45, 2.75) is 148 Å². The van der Waals surface area contributed by atoms with Crippen molar-refractivity contribution < 1.29 is 36.6 Å². The summed E-state index contributed by atoms with van der Waals surface area (Å²) in [5.41, 5.74) is 9.23. The smallest absolute Gasteiger partial charge is 0.203 e. The summed E-state index contributed by atoms with van der Waals surface area (Å²) in [6.07, 6.45) is 21.3. The van der Waals surface area contributed by atoms with Gasteiger partial charge >= 0.3 is 0 Å². The van der Waals surface area contributed by atoms with Gasteiger partial charge in [0, 0.05) is 35.8 Å². The first-order valence-corrected chi connectivity index (χ1v) is 35.0. The summed E-state index contributed by atoms with van der Waals surface area (Å²) in [6, 6.07) is 24.2. The topological polar surface area (TPSA) is 208 Å². The number of hydrogen-bond donors (Lipinski definition) is 1. The van der Waals surface area contributed by atoms with E-state index in [0.29, 0.717) is 35.2 Å². The number of nitriles is 2. The SMILES string of the molecule is CN(C)Cc1c(OCC2CC2)ccc2c(CCC3CCN(Cc4ccc(C#N)o4)CC3)noc12.CN(C)Cc1c(OCC2CC2)ccc2c(CCC3CCN(Cc4ccc(C#N)o4)CC3)noc12.CN(C)Cc1c(OCC2CC2)ccc2c(CCC3CCNCC3)noc12.Cl.Cl. The largest absolute Gasteiger partial charge is 0.493 e. The number of nitrogens with zero attached hydrogens (tertiary/aromatic N) is 10. The quantitative estimate of drug-likeness (QED) is 0.0483. The molecule has 0 spiro atoms. The first-order chi connectivity index (χ1) is 45.9. The molecule has 21 heteroatoms. The molecule has 518 valence electrons. The zero-order chi connectivity index (χ0) is 64.9. The van der Waals surface area contributed by atoms with E-state index >= 15 is 0 Å². The van der Waals surface area contributed by atoms with Crippen molar-refractivity contribution in [3.63, 3.8) is 0 Å². The number of aromatic nitrogens is 3. The number of piperidine rings is 3. The number of furan rings is 2. The number of hydrogen-bond acceptors (Lipinski definition) is 19. The molecule has 3 saturated heterocycles. The van der Waals surface area contributed by atoms with Gasteiger partial charge in [0.2, 0.25) is 11.5 Å². The normalized spacial score (nSPS) is 17.4. The molecule has 3 aliphatic carbocycles. The molecule has 5 aromatic heterocycles. The average molecular weight is 1360 g/mol. The predicted molar refractivity (Wildman–Crippen MR) is 377 cm³/mol. The number of nitrogens with one attached hydrogen (secondary N) is 1. The van der Waals surface area contributed by atoms with Crippen LogP contribution in [0.2, 0.25) is 0 Å². The molecule has 14 rings (SSSR count). The number of ether oxygens (including phenoxy) is 3. The van der Waals surface area contributed by atoms with Crippen LogP contribution in [0.15, 0.2) is 83.1 Å². The lowest BCUT2D eigenvalue weighted by Gasteiger charge is -2.31. The monoisotopic (exact) mass is 1350 g/mol. The fraction of sp³-hybridized carbons (Fsp3) is 0.587. The van der Waals surface area contributed by atoms with E-state index in [2.05, 4.69) is 136 Å². The molecule has 6 fully saturated rings. The standard InChI is InChI=1S/2C27H34N4O3.C21H31N3O2.2ClH/c2*1-30(2)17-24-26(32-18-20-3-4-20)10-8-23-25(29-34-27(23)24)9-5-19-11-13-31(14-12-19)16-22-7-6-21(15-28)33-22;1-24(2)13-18-20(25-14-16-3-4-16)8-6-17-19(23-26-21(17)18)7-5-15-9-11-22-12-10-15;;/h2*6-8,10,19-20H,3-5,9,11-14,16-18H2,1-2H3;6,8,15-16,22H,3-5,7,9-14H2,1-2H3;2*1H. The summed E-state index contributed by atoms with van der Waals surface area (Å²) in [7, 11) is 12.4. The minimum atomic E-state index is 0. The molecule has 8 aromatic rings. The Labute approximate surface area is 579 Å². The lowest BCUT2D eigenvalue weighted by molar-refractivity contribution is 0.162. The van der Waals surface area contributed by atoms with Crippen molar-refractivity contribution in [2.24, 2.45) is 35.5 Å². The van der Waals surface area contributed by atoms with Crippen LogP contribution in [0.3, 0.4) is 0 Å². The van der Waals surface area contributed by atoms with E-state index in [-0.39, 0.29) is 24.8 Å². The van der Waals surface area contributed by atoms with Gasteiger partial charge in [0.05, 0.1) is 66.7 Å². The molecule has 8 heterocycles. The van der Waals surface area contributed by atoms with E-state index < -0.39 is 0 Å². The van der Waals surface area contributed by atoms with Gasteiger partial charge in [-0.2, -0.15) is 10.5 Å². The number of fused-ring (bicyclic) bond motifs is 3. The highest BCUT2D eigenvalue weighted by molar-refractivity contribution is 5.87. The number of likely N-dealkylation sites (tertiary alicyclic amines) is 2. The van der Waals surface area contributed by atoms with Gasteiger partial charge in [-0.1, -0.05) is 15.5 Å². The summed E-state index contributed by atoms with van der Waals surface area (Å²) in [5.74, 6) is 9.72. The van der Waals surface area contributed by atoms with Gasteiger partial charge < -0.3 is 56.6 Å². The average Bonchev–Trinajstić information content (AvgIpc) is 1.60. The molecule has 0 radical (unpaired) electrons. The second kappa shape index (κ2) is 34.7. The minimum Gasteiger partial charge on any atom is -0.493 e. The van der Waals surface area contributed by atoms with Crippen molar-refractivity contribution >= 4 is 57.7 Å². The first-order valence-electron chi connectivity index (χ1n) is 35.0. The molecule has 0 amide bonds. The van der Waals surface area contributed by atoms with E-state index in [4.69, 9.17) is 47.1 Å². The third-order valence-electron chi connectivity index (χ3n) is 19.8. The summed E-state index contributed by atoms with van der Waals surface area (Å²) in [4.78, 5) is 11.3. The van der Waals surface area contributed by atoms with Crippen LogP contribution in [-0.4, -0.2) is 141 Å². The maximum atomic E-state index is 8.93. The van der Waals surface area contributed by atoms with Crippen LogP contribution in [0.5, 0.6) is 17.2 Å². The Hall–Kier alpha value is -6.65. The van der Waals surface area contributed by atoms with Gasteiger partial charge in [-0.05, 0) is 293 Å². The molecule has 1 N–H and O–H groups in total. The van der Waals surface area contributed by atoms with E-state index in [1.807, 2.05) is 12.1 Å². The number of benzene rings is 3. The van der Waals surface area contributed by atoms with Crippen molar-refractivity contribution in [2.75, 3.05) is 101 Å². The van der Waals surface area contributed by atoms with Crippen LogP contribution in [0.1, 0.15) is 153 Å². The maximum absolute atomic E-state index is 8.93. The van der Waals surface area contributed by atoms with Crippen molar-refractivity contribution in [3.8, 4) is 29.4 Å². The molecule has 0 atom stereocenters. The Kier molecular flexibility index (Phi) is 26.1. The van der Waals surface area contributed by atoms with Crippen LogP contribution in [-0.2, 0) is 52.0 Å². The molecule has 0 unspecified atom stereocenters. The molecular formula is C75H101Cl2N11O8. The van der Waals surface area contributed by atoms with Crippen LogP contribution >= 0.6 is 24.8 Å². The zero-order valence-electron chi connectivity index (χ0n) is 57.4. The minimum absolute atomic E-state index is 0. The van der Waals surface area contributed by atoms with E-state index in [1.54, 1.807) is 12.1 Å². The number of aryl methyl sites for hydroxylation is 3.